The molecule has 2 N–H and O–H groups in total. The Morgan fingerprint density at radius 2 is 0.190 bits per heavy atom. The van der Waals surface area contributed by atoms with Gasteiger partial charge >= 0.3 is 20.8 Å². The number of nitrogens with zero attached hydrogens (tertiary/aromatic N) is 2. The lowest BCUT2D eigenvalue weighted by molar-refractivity contribution is -0.890. The topological polar surface area (TPSA) is 478 Å². The van der Waals surface area contributed by atoms with E-state index in [0.717, 1.165) is 100 Å². The van der Waals surface area contributed by atoms with Crippen molar-refractivity contribution in [1.82, 2.24) is 0 Å². The Kier molecular flexibility index (Phi) is 116. The van der Waals surface area contributed by atoms with Gasteiger partial charge in [0.25, 0.3) is 0 Å². The molecule has 0 saturated carbocycles. The van der Waals surface area contributed by atoms with Crippen LogP contribution >= 0.6 is 0 Å². The normalized spacial score (nSPS) is 12.4. The van der Waals surface area contributed by atoms with Gasteiger partial charge in [-0.05, 0) is 12.8 Å². The van der Waals surface area contributed by atoms with Crippen LogP contribution in [0.2, 0.25) is 0 Å². The first kappa shape index (κ1) is 140. The minimum atomic E-state index is -4.44. The maximum atomic E-state index is 10.4. The van der Waals surface area contributed by atoms with Gasteiger partial charge < -0.3 is 189 Å². The van der Waals surface area contributed by atoms with E-state index in [2.05, 4.69) is 36.6 Å². The van der Waals surface area contributed by atoms with E-state index >= 15 is 0 Å². The third-order valence-corrected chi connectivity index (χ3v) is 19.5. The van der Waals surface area contributed by atoms with Gasteiger partial charge in [0.05, 0.1) is 556 Å². The number of quaternary nitrogens is 2. The minimum Gasteiger partial charge on any atom is -0.381 e. The highest BCUT2D eigenvalue weighted by atomic mass is 32.3. The van der Waals surface area contributed by atoms with Gasteiger partial charge in [-0.1, -0.05) is 0 Å². The van der Waals surface area contributed by atoms with Gasteiger partial charge in [-0.15, -0.1) is 0 Å². The molecule has 854 valence electrons. The van der Waals surface area contributed by atoms with Crippen LogP contribution in [0.4, 0.5) is 0 Å². The maximum Gasteiger partial charge on any atom is 0.397 e. The highest BCUT2D eigenvalue weighted by molar-refractivity contribution is 7.81. The molecular formula is C92H190N2O46S2+2. The highest BCUT2D eigenvalue weighted by Crippen LogP contribution is 2.07. The third-order valence-electron chi connectivity index (χ3n) is 18.6. The summed E-state index contributed by atoms with van der Waals surface area (Å²) < 4.78 is 279. The second-order valence-corrected chi connectivity index (χ2v) is 33.8. The Hall–Kier alpha value is -1.86. The Labute approximate surface area is 848 Å². The summed E-state index contributed by atoms with van der Waals surface area (Å²) in [6, 6.07) is 0. The smallest absolute Gasteiger partial charge is 0.381 e. The molecule has 0 spiro atoms. The summed E-state index contributed by atoms with van der Waals surface area (Å²) in [6.45, 7) is 39.5. The number of hydrogen-bond acceptors (Lipinski definition) is 44. The first-order valence-corrected chi connectivity index (χ1v) is 53.2. The molecule has 0 fully saturated rings. The van der Waals surface area contributed by atoms with Crippen molar-refractivity contribution in [3.63, 3.8) is 0 Å². The summed E-state index contributed by atoms with van der Waals surface area (Å²) in [5, 5.41) is 0. The second kappa shape index (κ2) is 118. The van der Waals surface area contributed by atoms with Crippen LogP contribution in [0.25, 0.3) is 0 Å². The Bertz CT molecular complexity index is 2450. The zero-order valence-corrected chi connectivity index (χ0v) is 88.4. The lowest BCUT2D eigenvalue weighted by atomic mass is 10.3. The van der Waals surface area contributed by atoms with E-state index in [1.165, 1.54) is 0 Å². The molecule has 0 aliphatic carbocycles. The van der Waals surface area contributed by atoms with Crippen molar-refractivity contribution in [3.8, 4) is 0 Å². The van der Waals surface area contributed by atoms with Crippen molar-refractivity contribution >= 4 is 20.8 Å². The minimum absolute atomic E-state index is 0.0192. The Morgan fingerprint density at radius 1 is 0.120 bits per heavy atom. The predicted molar refractivity (Wildman–Crippen MR) is 518 cm³/mol. The molecule has 0 radical (unpaired) electrons. The van der Waals surface area contributed by atoms with Crippen LogP contribution < -0.4 is 0 Å². The molecule has 142 heavy (non-hydrogen) atoms. The van der Waals surface area contributed by atoms with Gasteiger partial charge in [-0.2, -0.15) is 16.8 Å². The van der Waals surface area contributed by atoms with E-state index in [9.17, 15) is 16.8 Å². The number of hydrogen-bond donors (Lipinski definition) is 2. The fourth-order valence-electron chi connectivity index (χ4n) is 11.3. The van der Waals surface area contributed by atoms with E-state index in [1.807, 2.05) is 0 Å². The summed E-state index contributed by atoms with van der Waals surface area (Å²) in [7, 11) is 0.175. The molecule has 0 amide bonds. The standard InChI is InChI=1S/C92H188N2O46S2/c1-93(2,13-9-19-103-21-23-105-25-27-107-29-31-109-33-35-111-37-39-113-41-43-115-45-47-117-49-51-119-53-55-121-57-59-123-61-63-125-65-67-127-69-71-129-73-75-131-77-79-133-81-83-135-85-87-137-89-91-139-141(95,96)97)11-7-17-101-15-5-6-16-102-18-8-12-94(3,4)14-10-20-104-22-24-106-26-28-108-30-32-110-34-36-112-38-40-114-42-44-116-46-48-118-50-52-120-54-56-122-58-60-124-62-64-126-66-68-128-70-72-130-74-76-132-78-80-134-82-84-136-86-88-138-90-92-140-142(98,99)100/h5-92H2,1-4H3/p+2. The van der Waals surface area contributed by atoms with Crippen LogP contribution in [0.3, 0.4) is 0 Å². The van der Waals surface area contributed by atoms with E-state index in [4.69, 9.17) is 189 Å². The van der Waals surface area contributed by atoms with Gasteiger partial charge in [-0.3, -0.25) is 9.11 Å². The lowest BCUT2D eigenvalue weighted by Crippen LogP contribution is -2.42. The number of unbranched alkanes of at least 4 members (excludes halogenated alkanes) is 1. The fraction of sp³-hybridized carbons (Fsp3) is 1.00. The molecule has 48 nitrogen and oxygen atoms in total. The molecule has 0 heterocycles. The molecule has 0 rings (SSSR count). The summed E-state index contributed by atoms with van der Waals surface area (Å²) in [5.41, 5.74) is 0. The van der Waals surface area contributed by atoms with Crippen molar-refractivity contribution in [2.75, 3.05) is 570 Å². The highest BCUT2D eigenvalue weighted by Gasteiger charge is 2.17. The molecule has 0 unspecified atom stereocenters. The van der Waals surface area contributed by atoms with E-state index in [0.29, 0.717) is 449 Å². The van der Waals surface area contributed by atoms with Crippen molar-refractivity contribution < 1.29 is 223 Å². The van der Waals surface area contributed by atoms with Gasteiger partial charge in [0.1, 0.15) is 0 Å². The van der Waals surface area contributed by atoms with E-state index < -0.39 is 20.8 Å². The molecule has 0 saturated heterocycles. The van der Waals surface area contributed by atoms with Crippen molar-refractivity contribution in [2.24, 2.45) is 0 Å². The zero-order valence-electron chi connectivity index (χ0n) is 86.8. The lowest BCUT2D eigenvalue weighted by Gasteiger charge is -2.29. The zero-order chi connectivity index (χ0) is 103. The molecular weight excluding hydrogens is 1930 g/mol. The Morgan fingerprint density at radius 3 is 0.282 bits per heavy atom. The number of ether oxygens (including phenoxy) is 38. The van der Waals surface area contributed by atoms with Crippen LogP contribution in [-0.2, 0) is 209 Å². The van der Waals surface area contributed by atoms with Crippen LogP contribution in [-0.4, -0.2) is 605 Å². The molecule has 0 aliphatic rings. The van der Waals surface area contributed by atoms with Crippen molar-refractivity contribution in [1.29, 1.82) is 0 Å². The fourth-order valence-corrected chi connectivity index (χ4v) is 11.8. The second-order valence-electron chi connectivity index (χ2n) is 31.7. The van der Waals surface area contributed by atoms with Crippen molar-refractivity contribution in [2.45, 2.75) is 38.5 Å². The quantitative estimate of drug-likeness (QED) is 0.0497. The first-order valence-electron chi connectivity index (χ1n) is 50.4. The third kappa shape index (κ3) is 130. The van der Waals surface area contributed by atoms with Crippen LogP contribution in [0, 0.1) is 0 Å². The molecule has 0 aromatic rings. The molecule has 50 heteroatoms. The van der Waals surface area contributed by atoms with Gasteiger partial charge in [0.2, 0.25) is 0 Å². The SMILES string of the molecule is C[N+](C)(CCCOCCCCOCCC[N+](C)(C)CCCOCCOCCOCCOCCOCCOCCOCCOCCOCCOCCOCCOCCOCCOCCOCCOCCOCCOCCOS(=O)(=O)O)CCCOCCOCCOCCOCCOCCOCCOCCOCCOCCOCCOCCOCCOCCOCCOCCOCCOCCOCCOS(=O)(=O)O. The molecule has 0 atom stereocenters. The summed E-state index contributed by atoms with van der Waals surface area (Å²) >= 11 is 0. The van der Waals surface area contributed by atoms with Gasteiger partial charge in [-0.25, -0.2) is 8.37 Å². The largest absolute Gasteiger partial charge is 0.397 e. The van der Waals surface area contributed by atoms with Crippen LogP contribution in [0.5, 0.6) is 0 Å². The van der Waals surface area contributed by atoms with Crippen LogP contribution in [0.15, 0.2) is 0 Å². The number of rotatable bonds is 131. The van der Waals surface area contributed by atoms with Gasteiger partial charge in [0.15, 0.2) is 0 Å². The van der Waals surface area contributed by atoms with E-state index in [-0.39, 0.29) is 39.6 Å². The summed E-state index contributed by atoms with van der Waals surface area (Å²) in [6.07, 6.45) is 6.05. The molecule has 0 bridgehead atoms. The van der Waals surface area contributed by atoms with Gasteiger partial charge in [0, 0.05) is 38.9 Å². The maximum absolute atomic E-state index is 10.4. The molecule has 0 aliphatic heterocycles. The first-order chi connectivity index (χ1) is 69.6. The summed E-state index contributed by atoms with van der Waals surface area (Å²) in [5.74, 6) is 0. The monoisotopic (exact) mass is 2120 g/mol. The average Bonchev–Trinajstić information content (AvgIpc) is 0.941. The molecule has 0 aromatic heterocycles. The van der Waals surface area contributed by atoms with E-state index in [1.54, 1.807) is 0 Å². The molecule has 0 aromatic carbocycles. The summed E-state index contributed by atoms with van der Waals surface area (Å²) in [4.78, 5) is 0. The predicted octanol–water partition coefficient (Wildman–Crippen LogP) is 1.75. The Balaban J connectivity index is 3.26. The average molecular weight is 2120 g/mol. The van der Waals surface area contributed by atoms with Crippen LogP contribution in [0.1, 0.15) is 38.5 Å². The van der Waals surface area contributed by atoms with Crippen molar-refractivity contribution in [3.05, 3.63) is 0 Å².